The molecule has 130 valence electrons. The van der Waals surface area contributed by atoms with Crippen LogP contribution in [0.25, 0.3) is 0 Å². The lowest BCUT2D eigenvalue weighted by Crippen LogP contribution is -2.47. The van der Waals surface area contributed by atoms with Crippen molar-refractivity contribution in [3.05, 3.63) is 47.0 Å². The summed E-state index contributed by atoms with van der Waals surface area (Å²) in [5, 5.41) is 4.64. The van der Waals surface area contributed by atoms with E-state index in [1.807, 2.05) is 6.07 Å². The lowest BCUT2D eigenvalue weighted by atomic mass is 9.64. The number of pyridine rings is 1. The number of rotatable bonds is 4. The molecule has 1 aliphatic heterocycles. The maximum atomic E-state index is 12.5. The number of carbonyl (C=O) groups is 1. The van der Waals surface area contributed by atoms with E-state index in [-0.39, 0.29) is 11.9 Å². The third-order valence-corrected chi connectivity index (χ3v) is 5.27. The highest BCUT2D eigenvalue weighted by molar-refractivity contribution is 6.29. The van der Waals surface area contributed by atoms with Gasteiger partial charge in [-0.3, -0.25) is 9.48 Å². The smallest absolute Gasteiger partial charge is 0.281 e. The lowest BCUT2D eigenvalue weighted by molar-refractivity contribution is -0.0286. The molecular weight excluding hydrogens is 342 g/mol. The van der Waals surface area contributed by atoms with Gasteiger partial charge in [-0.05, 0) is 24.5 Å². The van der Waals surface area contributed by atoms with Gasteiger partial charge in [-0.1, -0.05) is 24.1 Å². The molecule has 0 radical (unpaired) electrons. The average molecular weight is 360 g/mol. The molecule has 2 aliphatic rings. The van der Waals surface area contributed by atoms with Gasteiger partial charge in [0.2, 0.25) is 0 Å². The molecule has 0 unspecified atom stereocenters. The van der Waals surface area contributed by atoms with Crippen molar-refractivity contribution in [2.24, 2.45) is 10.7 Å². The summed E-state index contributed by atoms with van der Waals surface area (Å²) < 4.78 is 6.88. The standard InChI is InChI=1S/C17H18ClN5O2/c18-14-3-2-12(7-20-14)17(4-1-5-17)16(19)22-15(24)11-6-21-23(8-11)13-9-25-10-13/h2-3,6-8,13H,1,4-5,9-10H2,(H2,19,22,24). The molecule has 7 nitrogen and oxygen atoms in total. The number of nitrogens with two attached hydrogens (primary N) is 1. The van der Waals surface area contributed by atoms with Gasteiger partial charge in [-0.25, -0.2) is 4.98 Å². The Balaban J connectivity index is 1.57. The quantitative estimate of drug-likeness (QED) is 0.512. The first-order valence-electron chi connectivity index (χ1n) is 8.21. The molecule has 0 aromatic carbocycles. The average Bonchev–Trinajstić information content (AvgIpc) is 2.95. The number of amidine groups is 1. The second kappa shape index (κ2) is 6.24. The second-order valence-corrected chi connectivity index (χ2v) is 6.90. The van der Waals surface area contributed by atoms with Crippen LogP contribution in [0.4, 0.5) is 0 Å². The van der Waals surface area contributed by atoms with Crippen molar-refractivity contribution in [3.63, 3.8) is 0 Å². The monoisotopic (exact) mass is 359 g/mol. The van der Waals surface area contributed by atoms with E-state index in [9.17, 15) is 4.79 Å². The van der Waals surface area contributed by atoms with E-state index in [0.717, 1.165) is 24.8 Å². The van der Waals surface area contributed by atoms with Gasteiger partial charge in [-0.2, -0.15) is 10.1 Å². The Morgan fingerprint density at radius 2 is 2.16 bits per heavy atom. The molecule has 0 bridgehead atoms. The molecule has 4 rings (SSSR count). The van der Waals surface area contributed by atoms with Crippen molar-refractivity contribution in [1.82, 2.24) is 14.8 Å². The number of carbonyl (C=O) groups excluding carboxylic acids is 1. The number of nitrogens with zero attached hydrogens (tertiary/aromatic N) is 4. The highest BCUT2D eigenvalue weighted by Crippen LogP contribution is 2.44. The fourth-order valence-electron chi connectivity index (χ4n) is 3.19. The highest BCUT2D eigenvalue weighted by Gasteiger charge is 2.43. The summed E-state index contributed by atoms with van der Waals surface area (Å²) in [6.07, 6.45) is 7.66. The Labute approximate surface area is 149 Å². The zero-order valence-corrected chi connectivity index (χ0v) is 14.3. The van der Waals surface area contributed by atoms with Crippen molar-refractivity contribution < 1.29 is 9.53 Å². The van der Waals surface area contributed by atoms with Crippen molar-refractivity contribution in [2.45, 2.75) is 30.7 Å². The molecule has 2 N–H and O–H groups in total. The summed E-state index contributed by atoms with van der Waals surface area (Å²) in [5.41, 5.74) is 7.20. The third-order valence-electron chi connectivity index (χ3n) is 5.04. The summed E-state index contributed by atoms with van der Waals surface area (Å²) >= 11 is 5.87. The van der Waals surface area contributed by atoms with Crippen LogP contribution in [0.3, 0.4) is 0 Å². The number of aromatic nitrogens is 3. The fraction of sp³-hybridized carbons (Fsp3) is 0.412. The first kappa shape index (κ1) is 16.2. The van der Waals surface area contributed by atoms with Crippen LogP contribution in [0.2, 0.25) is 5.15 Å². The largest absolute Gasteiger partial charge is 0.386 e. The maximum absolute atomic E-state index is 12.5. The highest BCUT2D eigenvalue weighted by atomic mass is 35.5. The summed E-state index contributed by atoms with van der Waals surface area (Å²) in [7, 11) is 0. The number of hydrogen-bond donors (Lipinski definition) is 1. The zero-order chi connectivity index (χ0) is 17.4. The first-order valence-corrected chi connectivity index (χ1v) is 8.59. The third kappa shape index (κ3) is 2.83. The van der Waals surface area contributed by atoms with E-state index >= 15 is 0 Å². The number of ether oxygens (including phenoxy) is 1. The minimum Gasteiger partial charge on any atom is -0.386 e. The predicted octanol–water partition coefficient (Wildman–Crippen LogP) is 2.12. The van der Waals surface area contributed by atoms with Crippen LogP contribution >= 0.6 is 11.6 Å². The van der Waals surface area contributed by atoms with Gasteiger partial charge in [-0.15, -0.1) is 0 Å². The first-order chi connectivity index (χ1) is 12.1. The molecule has 8 heteroatoms. The van der Waals surface area contributed by atoms with Gasteiger partial charge in [0.05, 0.1) is 36.4 Å². The topological polar surface area (TPSA) is 95.4 Å². The van der Waals surface area contributed by atoms with Crippen LogP contribution in [0.15, 0.2) is 35.7 Å². The maximum Gasteiger partial charge on any atom is 0.281 e. The van der Waals surface area contributed by atoms with Crippen LogP contribution in [-0.2, 0) is 10.2 Å². The van der Waals surface area contributed by atoms with E-state index in [0.29, 0.717) is 29.8 Å². The molecule has 1 saturated heterocycles. The lowest BCUT2D eigenvalue weighted by Gasteiger charge is -2.41. The zero-order valence-electron chi connectivity index (χ0n) is 13.6. The minimum absolute atomic E-state index is 0.195. The molecule has 1 amide bonds. The van der Waals surface area contributed by atoms with Gasteiger partial charge < -0.3 is 10.5 Å². The fourth-order valence-corrected chi connectivity index (χ4v) is 3.30. The Bertz CT molecular complexity index is 822. The Hall–Kier alpha value is -2.25. The van der Waals surface area contributed by atoms with Crippen molar-refractivity contribution in [3.8, 4) is 0 Å². The van der Waals surface area contributed by atoms with E-state index in [2.05, 4.69) is 15.1 Å². The van der Waals surface area contributed by atoms with Gasteiger partial charge in [0.15, 0.2) is 0 Å². The minimum atomic E-state index is -0.426. The van der Waals surface area contributed by atoms with Gasteiger partial charge in [0, 0.05) is 12.4 Å². The van der Waals surface area contributed by atoms with Crippen LogP contribution in [0, 0.1) is 0 Å². The van der Waals surface area contributed by atoms with Crippen LogP contribution in [0.5, 0.6) is 0 Å². The summed E-state index contributed by atoms with van der Waals surface area (Å²) in [6.45, 7) is 1.24. The summed E-state index contributed by atoms with van der Waals surface area (Å²) in [6, 6.07) is 3.83. The van der Waals surface area contributed by atoms with E-state index < -0.39 is 5.41 Å². The number of halogens is 1. The molecule has 0 spiro atoms. The molecule has 2 fully saturated rings. The predicted molar refractivity (Wildman–Crippen MR) is 92.8 cm³/mol. The number of amides is 1. The second-order valence-electron chi connectivity index (χ2n) is 6.51. The number of hydrogen-bond acceptors (Lipinski definition) is 4. The van der Waals surface area contributed by atoms with Crippen molar-refractivity contribution >= 4 is 23.3 Å². The summed E-state index contributed by atoms with van der Waals surface area (Å²) in [4.78, 5) is 20.8. The van der Waals surface area contributed by atoms with Gasteiger partial charge in [0.1, 0.15) is 11.0 Å². The summed E-state index contributed by atoms with van der Waals surface area (Å²) in [5.74, 6) is -0.0511. The normalized spacial score (nSPS) is 20.0. The number of aliphatic imine (C=N–C) groups is 1. The van der Waals surface area contributed by atoms with Crippen molar-refractivity contribution in [1.29, 1.82) is 0 Å². The molecule has 2 aromatic rings. The molecule has 3 heterocycles. The molecule has 1 saturated carbocycles. The van der Waals surface area contributed by atoms with E-state index in [1.54, 1.807) is 23.1 Å². The van der Waals surface area contributed by atoms with Crippen LogP contribution in [0.1, 0.15) is 41.2 Å². The molecule has 2 aromatic heterocycles. The van der Waals surface area contributed by atoms with Crippen molar-refractivity contribution in [2.75, 3.05) is 13.2 Å². The van der Waals surface area contributed by atoms with E-state index in [4.69, 9.17) is 22.1 Å². The Kier molecular flexibility index (Phi) is 4.05. The Morgan fingerprint density at radius 1 is 1.36 bits per heavy atom. The molecule has 1 aliphatic carbocycles. The van der Waals surface area contributed by atoms with Crippen LogP contribution in [-0.4, -0.2) is 39.7 Å². The molecule has 0 atom stereocenters. The van der Waals surface area contributed by atoms with Gasteiger partial charge >= 0.3 is 0 Å². The van der Waals surface area contributed by atoms with Gasteiger partial charge in [0.25, 0.3) is 5.91 Å². The SMILES string of the molecule is NC(=NC(=O)c1cnn(C2COC2)c1)C1(c2ccc(Cl)nc2)CCC1. The van der Waals surface area contributed by atoms with Crippen LogP contribution < -0.4 is 5.73 Å². The van der Waals surface area contributed by atoms with E-state index in [1.165, 1.54) is 6.20 Å². The Morgan fingerprint density at radius 3 is 2.72 bits per heavy atom. The molecular formula is C17H18ClN5O2. The molecule has 25 heavy (non-hydrogen) atoms.